The van der Waals surface area contributed by atoms with Crippen molar-refractivity contribution in [2.45, 2.75) is 26.3 Å². The Hall–Kier alpha value is -1.56. The van der Waals surface area contributed by atoms with Crippen molar-refractivity contribution >= 4 is 34.2 Å². The first-order valence-corrected chi connectivity index (χ1v) is 9.09. The molecule has 0 atom stereocenters. The molecule has 3 rings (SSSR count). The largest absolute Gasteiger partial charge is 0.372 e. The van der Waals surface area contributed by atoms with Gasteiger partial charge in [-0.05, 0) is 72.2 Å². The number of nitrogens with one attached hydrogen (secondary N) is 1. The zero-order chi connectivity index (χ0) is 16.2. The van der Waals surface area contributed by atoms with Gasteiger partial charge in [-0.2, -0.15) is 0 Å². The first-order valence-electron chi connectivity index (χ1n) is 8.02. The molecule has 2 aromatic carbocycles. The van der Waals surface area contributed by atoms with Gasteiger partial charge in [-0.3, -0.25) is 4.79 Å². The molecule has 1 aliphatic rings. The number of halogens is 1. The third-order valence-corrected chi connectivity index (χ3v) is 5.12. The van der Waals surface area contributed by atoms with E-state index in [2.05, 4.69) is 57.1 Å². The molecule has 23 heavy (non-hydrogen) atoms. The Kier molecular flexibility index (Phi) is 5.20. The first kappa shape index (κ1) is 16.3. The predicted molar refractivity (Wildman–Crippen MR) is 103 cm³/mol. The van der Waals surface area contributed by atoms with Gasteiger partial charge in [0, 0.05) is 28.9 Å². The van der Waals surface area contributed by atoms with Crippen LogP contribution in [0.2, 0.25) is 0 Å². The van der Waals surface area contributed by atoms with Crippen LogP contribution in [0.3, 0.4) is 0 Å². The molecule has 0 unspecified atom stereocenters. The van der Waals surface area contributed by atoms with Gasteiger partial charge >= 0.3 is 0 Å². The van der Waals surface area contributed by atoms with Gasteiger partial charge in [0.1, 0.15) is 0 Å². The minimum Gasteiger partial charge on any atom is -0.372 e. The monoisotopic (exact) mass is 420 g/mol. The van der Waals surface area contributed by atoms with E-state index in [0.717, 1.165) is 27.8 Å². The van der Waals surface area contributed by atoms with E-state index in [4.69, 9.17) is 0 Å². The molecule has 0 radical (unpaired) electrons. The van der Waals surface area contributed by atoms with E-state index < -0.39 is 0 Å². The van der Waals surface area contributed by atoms with Gasteiger partial charge in [0.15, 0.2) is 0 Å². The minimum absolute atomic E-state index is 0.0157. The van der Waals surface area contributed by atoms with Crippen molar-refractivity contribution in [3.05, 3.63) is 62.7 Å². The Bertz CT molecular complexity index is 691. The van der Waals surface area contributed by atoms with Crippen molar-refractivity contribution in [1.29, 1.82) is 0 Å². The number of amides is 1. The van der Waals surface area contributed by atoms with E-state index >= 15 is 0 Å². The quantitative estimate of drug-likeness (QED) is 0.755. The Balaban J connectivity index is 1.60. The van der Waals surface area contributed by atoms with Gasteiger partial charge < -0.3 is 10.2 Å². The number of carbonyl (C=O) groups is 1. The average Bonchev–Trinajstić information content (AvgIpc) is 3.07. The summed E-state index contributed by atoms with van der Waals surface area (Å²) in [6.45, 7) is 4.90. The van der Waals surface area contributed by atoms with Crippen LogP contribution in [0.4, 0.5) is 5.69 Å². The first-order chi connectivity index (χ1) is 11.1. The number of benzene rings is 2. The summed E-state index contributed by atoms with van der Waals surface area (Å²) >= 11 is 2.22. The summed E-state index contributed by atoms with van der Waals surface area (Å²) in [7, 11) is 0. The zero-order valence-electron chi connectivity index (χ0n) is 13.3. The second-order valence-electron chi connectivity index (χ2n) is 6.03. The molecule has 0 saturated carbocycles. The molecule has 0 bridgehead atoms. The molecule has 1 saturated heterocycles. The maximum absolute atomic E-state index is 12.3. The summed E-state index contributed by atoms with van der Waals surface area (Å²) in [6.07, 6.45) is 2.57. The van der Waals surface area contributed by atoms with E-state index in [0.29, 0.717) is 6.54 Å². The highest BCUT2D eigenvalue weighted by Crippen LogP contribution is 2.20. The molecule has 120 valence electrons. The van der Waals surface area contributed by atoms with Crippen molar-refractivity contribution in [2.75, 3.05) is 18.0 Å². The molecule has 3 nitrogen and oxygen atoms in total. The van der Waals surface area contributed by atoms with Gasteiger partial charge in [-0.25, -0.2) is 0 Å². The third kappa shape index (κ3) is 4.05. The lowest BCUT2D eigenvalue weighted by molar-refractivity contribution is 0.0950. The highest BCUT2D eigenvalue weighted by molar-refractivity contribution is 14.1. The normalized spacial score (nSPS) is 14.1. The Morgan fingerprint density at radius 2 is 1.83 bits per heavy atom. The number of hydrogen-bond acceptors (Lipinski definition) is 2. The molecule has 1 N–H and O–H groups in total. The van der Waals surface area contributed by atoms with Crippen molar-refractivity contribution in [3.8, 4) is 0 Å². The standard InChI is InChI=1S/C19H21IN2O/c1-14-4-9-17(18(20)12-14)19(23)21-13-15-5-7-16(8-6-15)22-10-2-3-11-22/h4-9,12H,2-3,10-11,13H2,1H3,(H,21,23). The molecule has 2 aromatic rings. The Morgan fingerprint density at radius 1 is 1.13 bits per heavy atom. The van der Waals surface area contributed by atoms with Crippen molar-refractivity contribution in [2.24, 2.45) is 0 Å². The lowest BCUT2D eigenvalue weighted by Gasteiger charge is -2.17. The maximum Gasteiger partial charge on any atom is 0.252 e. The van der Waals surface area contributed by atoms with Crippen LogP contribution in [0, 0.1) is 10.5 Å². The molecule has 1 amide bonds. The third-order valence-electron chi connectivity index (χ3n) is 4.23. The fourth-order valence-corrected chi connectivity index (χ4v) is 3.80. The van der Waals surface area contributed by atoms with Crippen LogP contribution in [0.15, 0.2) is 42.5 Å². The summed E-state index contributed by atoms with van der Waals surface area (Å²) in [5.41, 5.74) is 4.32. The minimum atomic E-state index is -0.0157. The van der Waals surface area contributed by atoms with Crippen LogP contribution < -0.4 is 10.2 Å². The lowest BCUT2D eigenvalue weighted by Crippen LogP contribution is -2.23. The Morgan fingerprint density at radius 3 is 2.48 bits per heavy atom. The molecule has 1 aliphatic heterocycles. The zero-order valence-corrected chi connectivity index (χ0v) is 15.5. The smallest absolute Gasteiger partial charge is 0.252 e. The molecule has 0 aliphatic carbocycles. The van der Waals surface area contributed by atoms with Gasteiger partial charge in [0.05, 0.1) is 5.56 Å². The van der Waals surface area contributed by atoms with Crippen LogP contribution in [-0.4, -0.2) is 19.0 Å². The number of aryl methyl sites for hydroxylation is 1. The van der Waals surface area contributed by atoms with Gasteiger partial charge in [-0.1, -0.05) is 23.8 Å². The molecular weight excluding hydrogens is 399 g/mol. The van der Waals surface area contributed by atoms with Crippen molar-refractivity contribution < 1.29 is 4.79 Å². The predicted octanol–water partition coefficient (Wildman–Crippen LogP) is 4.13. The summed E-state index contributed by atoms with van der Waals surface area (Å²) in [4.78, 5) is 14.7. The molecule has 0 spiro atoms. The number of hydrogen-bond donors (Lipinski definition) is 1. The van der Waals surface area contributed by atoms with Crippen LogP contribution in [0.1, 0.15) is 34.3 Å². The topological polar surface area (TPSA) is 32.3 Å². The summed E-state index contributed by atoms with van der Waals surface area (Å²) in [5.74, 6) is -0.0157. The van der Waals surface area contributed by atoms with Gasteiger partial charge in [0.25, 0.3) is 5.91 Å². The molecule has 1 fully saturated rings. The molecule has 0 aromatic heterocycles. The number of rotatable bonds is 4. The second-order valence-corrected chi connectivity index (χ2v) is 7.19. The lowest BCUT2D eigenvalue weighted by atomic mass is 10.1. The van der Waals surface area contributed by atoms with E-state index in [9.17, 15) is 4.79 Å². The van der Waals surface area contributed by atoms with Crippen LogP contribution in [0.5, 0.6) is 0 Å². The highest BCUT2D eigenvalue weighted by atomic mass is 127. The number of carbonyl (C=O) groups excluding carboxylic acids is 1. The SMILES string of the molecule is Cc1ccc(C(=O)NCc2ccc(N3CCCC3)cc2)c(I)c1. The summed E-state index contributed by atoms with van der Waals surface area (Å²) in [5, 5.41) is 3.01. The van der Waals surface area contributed by atoms with Crippen molar-refractivity contribution in [3.63, 3.8) is 0 Å². The molecule has 4 heteroatoms. The summed E-state index contributed by atoms with van der Waals surface area (Å²) < 4.78 is 0.990. The fourth-order valence-electron chi connectivity index (χ4n) is 2.88. The summed E-state index contributed by atoms with van der Waals surface area (Å²) in [6, 6.07) is 14.4. The maximum atomic E-state index is 12.3. The van der Waals surface area contributed by atoms with Crippen molar-refractivity contribution in [1.82, 2.24) is 5.32 Å². The number of anilines is 1. The van der Waals surface area contributed by atoms with E-state index in [1.165, 1.54) is 24.1 Å². The van der Waals surface area contributed by atoms with Gasteiger partial charge in [0.2, 0.25) is 0 Å². The molecular formula is C19H21IN2O. The van der Waals surface area contributed by atoms with Crippen LogP contribution in [-0.2, 0) is 6.54 Å². The molecule has 1 heterocycles. The van der Waals surface area contributed by atoms with E-state index in [-0.39, 0.29) is 5.91 Å². The van der Waals surface area contributed by atoms with Crippen LogP contribution in [0.25, 0.3) is 0 Å². The second kappa shape index (κ2) is 7.34. The highest BCUT2D eigenvalue weighted by Gasteiger charge is 2.12. The average molecular weight is 420 g/mol. The van der Waals surface area contributed by atoms with E-state index in [1.807, 2.05) is 25.1 Å². The fraction of sp³-hybridized carbons (Fsp3) is 0.316. The van der Waals surface area contributed by atoms with E-state index in [1.54, 1.807) is 0 Å². The van der Waals surface area contributed by atoms with Gasteiger partial charge in [-0.15, -0.1) is 0 Å². The number of nitrogens with zero attached hydrogens (tertiary/aromatic N) is 1. The van der Waals surface area contributed by atoms with Crippen LogP contribution >= 0.6 is 22.6 Å². The Labute approximate surface area is 151 Å².